The summed E-state index contributed by atoms with van der Waals surface area (Å²) in [4.78, 5) is 0.775. The number of rotatable bonds is 4. The van der Waals surface area contributed by atoms with Crippen LogP contribution in [0.25, 0.3) is 0 Å². The van der Waals surface area contributed by atoms with E-state index in [0.29, 0.717) is 15.8 Å². The Morgan fingerprint density at radius 2 is 1.85 bits per heavy atom. The van der Waals surface area contributed by atoms with Gasteiger partial charge in [0, 0.05) is 33.3 Å². The van der Waals surface area contributed by atoms with Crippen molar-refractivity contribution in [3.8, 4) is 0 Å². The number of thioether (sulfide) groups is 1. The third-order valence-electron chi connectivity index (χ3n) is 2.67. The molecule has 20 heavy (non-hydrogen) atoms. The molecule has 0 radical (unpaired) electrons. The molecule has 0 aromatic heterocycles. The predicted octanol–water partition coefficient (Wildman–Crippen LogP) is 5.06. The first-order valence-corrected chi connectivity index (χ1v) is 7.50. The maximum absolute atomic E-state index is 13.6. The lowest BCUT2D eigenvalue weighted by Crippen LogP contribution is -2.14. The fraction of sp³-hybridized carbons (Fsp3) is 0.143. The standard InChI is InChI=1S/C14H11Cl2F2NS/c15-8-1-4-11(16)14(5-8)20-7-13(19)10-3-2-9(17)6-12(10)18/h1-6,13H,7,19H2. The molecule has 0 heterocycles. The minimum atomic E-state index is -0.643. The first-order valence-electron chi connectivity index (χ1n) is 5.76. The van der Waals surface area contributed by atoms with Crippen LogP contribution >= 0.6 is 35.0 Å². The Balaban J connectivity index is 2.08. The van der Waals surface area contributed by atoms with E-state index in [4.69, 9.17) is 28.9 Å². The van der Waals surface area contributed by atoms with Crippen molar-refractivity contribution >= 4 is 35.0 Å². The first kappa shape index (κ1) is 15.6. The lowest BCUT2D eigenvalue weighted by Gasteiger charge is -2.13. The van der Waals surface area contributed by atoms with Gasteiger partial charge in [0.1, 0.15) is 11.6 Å². The Morgan fingerprint density at radius 1 is 1.10 bits per heavy atom. The molecule has 0 fully saturated rings. The third kappa shape index (κ3) is 3.85. The van der Waals surface area contributed by atoms with Gasteiger partial charge in [-0.05, 0) is 24.3 Å². The summed E-state index contributed by atoms with van der Waals surface area (Å²) in [5, 5.41) is 1.13. The molecular weight excluding hydrogens is 323 g/mol. The topological polar surface area (TPSA) is 26.0 Å². The minimum absolute atomic E-state index is 0.275. The van der Waals surface area contributed by atoms with E-state index in [0.717, 1.165) is 11.0 Å². The highest BCUT2D eigenvalue weighted by Gasteiger charge is 2.13. The van der Waals surface area contributed by atoms with E-state index < -0.39 is 17.7 Å². The number of halogens is 4. The summed E-state index contributed by atoms with van der Waals surface area (Å²) in [6, 6.07) is 7.92. The Bertz CT molecular complexity index is 622. The van der Waals surface area contributed by atoms with E-state index in [9.17, 15) is 8.78 Å². The fourth-order valence-corrected chi connectivity index (χ4v) is 3.13. The number of nitrogens with two attached hydrogens (primary N) is 1. The molecule has 0 aliphatic heterocycles. The number of benzene rings is 2. The second kappa shape index (κ2) is 6.76. The molecule has 6 heteroatoms. The molecular formula is C14H11Cl2F2NS. The SMILES string of the molecule is NC(CSc1cc(Cl)ccc1Cl)c1ccc(F)cc1F. The van der Waals surface area contributed by atoms with Crippen molar-refractivity contribution in [3.05, 3.63) is 63.6 Å². The molecule has 2 N–H and O–H groups in total. The summed E-state index contributed by atoms with van der Waals surface area (Å²) < 4.78 is 26.4. The van der Waals surface area contributed by atoms with Gasteiger partial charge in [-0.25, -0.2) is 8.78 Å². The average molecular weight is 334 g/mol. The molecule has 0 saturated heterocycles. The van der Waals surface area contributed by atoms with Gasteiger partial charge in [0.05, 0.1) is 5.02 Å². The smallest absolute Gasteiger partial charge is 0.130 e. The second-order valence-corrected chi connectivity index (χ2v) is 6.06. The van der Waals surface area contributed by atoms with E-state index in [1.807, 2.05) is 0 Å². The average Bonchev–Trinajstić information content (AvgIpc) is 2.39. The normalized spacial score (nSPS) is 12.4. The molecule has 2 aromatic rings. The van der Waals surface area contributed by atoms with Crippen LogP contribution in [0.5, 0.6) is 0 Å². The highest BCUT2D eigenvalue weighted by molar-refractivity contribution is 7.99. The van der Waals surface area contributed by atoms with Gasteiger partial charge in [0.15, 0.2) is 0 Å². The van der Waals surface area contributed by atoms with Crippen molar-refractivity contribution in [2.24, 2.45) is 5.73 Å². The molecule has 0 aliphatic rings. The van der Waals surface area contributed by atoms with Gasteiger partial charge < -0.3 is 5.73 Å². The summed E-state index contributed by atoms with van der Waals surface area (Å²) in [6.07, 6.45) is 0. The highest BCUT2D eigenvalue weighted by Crippen LogP contribution is 2.32. The highest BCUT2D eigenvalue weighted by atomic mass is 35.5. The largest absolute Gasteiger partial charge is 0.323 e. The summed E-state index contributed by atoms with van der Waals surface area (Å²) in [5.41, 5.74) is 6.20. The van der Waals surface area contributed by atoms with Crippen molar-refractivity contribution in [2.75, 3.05) is 5.75 Å². The van der Waals surface area contributed by atoms with E-state index in [-0.39, 0.29) is 5.56 Å². The van der Waals surface area contributed by atoms with Crippen molar-refractivity contribution in [3.63, 3.8) is 0 Å². The zero-order chi connectivity index (χ0) is 14.7. The van der Waals surface area contributed by atoms with Gasteiger partial charge >= 0.3 is 0 Å². The van der Waals surface area contributed by atoms with Crippen LogP contribution in [0.2, 0.25) is 10.0 Å². The Morgan fingerprint density at radius 3 is 2.55 bits per heavy atom. The Hall–Kier alpha value is -0.810. The van der Waals surface area contributed by atoms with Crippen molar-refractivity contribution < 1.29 is 8.78 Å². The molecule has 1 atom stereocenters. The van der Waals surface area contributed by atoms with E-state index >= 15 is 0 Å². The molecule has 0 saturated carbocycles. The molecule has 1 unspecified atom stereocenters. The number of hydrogen-bond donors (Lipinski definition) is 1. The fourth-order valence-electron chi connectivity index (χ4n) is 1.66. The zero-order valence-electron chi connectivity index (χ0n) is 10.2. The molecule has 0 spiro atoms. The van der Waals surface area contributed by atoms with Crippen molar-refractivity contribution in [2.45, 2.75) is 10.9 Å². The zero-order valence-corrected chi connectivity index (χ0v) is 12.6. The van der Waals surface area contributed by atoms with Crippen LogP contribution in [0, 0.1) is 11.6 Å². The molecule has 106 valence electrons. The van der Waals surface area contributed by atoms with Gasteiger partial charge in [-0.1, -0.05) is 29.3 Å². The van der Waals surface area contributed by atoms with Crippen LogP contribution in [0.15, 0.2) is 41.3 Å². The predicted molar refractivity (Wildman–Crippen MR) is 80.5 cm³/mol. The van der Waals surface area contributed by atoms with Crippen LogP contribution in [0.3, 0.4) is 0 Å². The van der Waals surface area contributed by atoms with E-state index in [2.05, 4.69) is 0 Å². The lowest BCUT2D eigenvalue weighted by atomic mass is 10.1. The molecule has 0 aliphatic carbocycles. The monoisotopic (exact) mass is 333 g/mol. The van der Waals surface area contributed by atoms with Gasteiger partial charge in [0.25, 0.3) is 0 Å². The third-order valence-corrected chi connectivity index (χ3v) is 4.52. The van der Waals surface area contributed by atoms with E-state index in [1.165, 1.54) is 23.9 Å². The summed E-state index contributed by atoms with van der Waals surface area (Å²) in [6.45, 7) is 0. The first-order chi connectivity index (χ1) is 9.47. The molecule has 1 nitrogen and oxygen atoms in total. The van der Waals surface area contributed by atoms with Gasteiger partial charge in [-0.3, -0.25) is 0 Å². The van der Waals surface area contributed by atoms with Crippen LogP contribution in [0.4, 0.5) is 8.78 Å². The second-order valence-electron chi connectivity index (χ2n) is 4.16. The van der Waals surface area contributed by atoms with Crippen molar-refractivity contribution in [1.29, 1.82) is 0 Å². The summed E-state index contributed by atoms with van der Waals surface area (Å²) in [5.74, 6) is -0.859. The quantitative estimate of drug-likeness (QED) is 0.791. The van der Waals surface area contributed by atoms with Gasteiger partial charge in [-0.2, -0.15) is 0 Å². The molecule has 0 bridgehead atoms. The number of hydrogen-bond acceptors (Lipinski definition) is 2. The molecule has 2 rings (SSSR count). The van der Waals surface area contributed by atoms with Gasteiger partial charge in [-0.15, -0.1) is 11.8 Å². The summed E-state index contributed by atoms with van der Waals surface area (Å²) in [7, 11) is 0. The lowest BCUT2D eigenvalue weighted by molar-refractivity contribution is 0.563. The minimum Gasteiger partial charge on any atom is -0.323 e. The van der Waals surface area contributed by atoms with Crippen LogP contribution in [0.1, 0.15) is 11.6 Å². The van der Waals surface area contributed by atoms with Crippen LogP contribution in [-0.2, 0) is 0 Å². The molecule has 2 aromatic carbocycles. The maximum Gasteiger partial charge on any atom is 0.130 e. The van der Waals surface area contributed by atoms with Crippen LogP contribution in [-0.4, -0.2) is 5.75 Å². The molecule has 0 amide bonds. The van der Waals surface area contributed by atoms with Crippen molar-refractivity contribution in [1.82, 2.24) is 0 Å². The van der Waals surface area contributed by atoms with Crippen LogP contribution < -0.4 is 5.73 Å². The Kier molecular flexibility index (Phi) is 5.27. The Labute approximate surface area is 130 Å². The summed E-state index contributed by atoms with van der Waals surface area (Å²) >= 11 is 13.3. The van der Waals surface area contributed by atoms with E-state index in [1.54, 1.807) is 18.2 Å². The van der Waals surface area contributed by atoms with Gasteiger partial charge in [0.2, 0.25) is 0 Å². The maximum atomic E-state index is 13.6.